The van der Waals surface area contributed by atoms with Crippen molar-refractivity contribution in [2.75, 3.05) is 5.43 Å². The molecule has 2 rings (SSSR count). The molecule has 1 aromatic carbocycles. The van der Waals surface area contributed by atoms with Crippen LogP contribution in [0.4, 0.5) is 17.3 Å². The first-order valence-corrected chi connectivity index (χ1v) is 4.32. The molecule has 0 fully saturated rings. The number of rotatable bonds is 3. The summed E-state index contributed by atoms with van der Waals surface area (Å²) in [6.07, 6.45) is 0. The van der Waals surface area contributed by atoms with Crippen LogP contribution < -0.4 is 11.3 Å². The predicted octanol–water partition coefficient (Wildman–Crippen LogP) is 0.665. The summed E-state index contributed by atoms with van der Waals surface area (Å²) in [5, 5.41) is 21.3. The molecule has 0 radical (unpaired) electrons. The molecule has 0 spiro atoms. The van der Waals surface area contributed by atoms with E-state index in [0.29, 0.717) is 0 Å². The highest BCUT2D eigenvalue weighted by molar-refractivity contribution is 5.84. The third kappa shape index (κ3) is 1.72. The Kier molecular flexibility index (Phi) is 2.33. The van der Waals surface area contributed by atoms with Gasteiger partial charge >= 0.3 is 11.4 Å². The van der Waals surface area contributed by atoms with Gasteiger partial charge in [-0.2, -0.15) is 0 Å². The number of aromatic amines is 1. The van der Waals surface area contributed by atoms with Crippen molar-refractivity contribution in [3.8, 4) is 0 Å². The minimum atomic E-state index is -0.832. The van der Waals surface area contributed by atoms with Crippen LogP contribution >= 0.6 is 0 Å². The Morgan fingerprint density at radius 1 is 1.24 bits per heavy atom. The summed E-state index contributed by atoms with van der Waals surface area (Å²) in [6, 6.07) is 2.06. The summed E-state index contributed by atoms with van der Waals surface area (Å²) < 4.78 is 0. The van der Waals surface area contributed by atoms with Crippen LogP contribution in [-0.4, -0.2) is 19.8 Å². The Labute approximate surface area is 92.7 Å². The largest absolute Gasteiger partial charge is 0.348 e. The summed E-state index contributed by atoms with van der Waals surface area (Å²) in [4.78, 5) is 26.2. The average Bonchev–Trinajstić information content (AvgIpc) is 2.68. The second kappa shape index (κ2) is 3.68. The lowest BCUT2D eigenvalue weighted by atomic mass is 10.2. The number of hydrogen-bond acceptors (Lipinski definition) is 7. The fourth-order valence-corrected chi connectivity index (χ4v) is 1.40. The minimum absolute atomic E-state index is 0.162. The van der Waals surface area contributed by atoms with Crippen LogP contribution in [0.1, 0.15) is 0 Å². The van der Waals surface area contributed by atoms with Crippen molar-refractivity contribution in [3.63, 3.8) is 0 Å². The number of aromatic nitrogens is 2. The molecular formula is C7H6N6O4. The number of nitrogens with zero attached hydrogens (tertiary/aromatic N) is 3. The molecule has 0 amide bonds. The normalized spacial score (nSPS) is 10.4. The molecule has 10 nitrogen and oxygen atoms in total. The molecule has 0 saturated heterocycles. The van der Waals surface area contributed by atoms with Gasteiger partial charge in [-0.05, 0) is 0 Å². The molecule has 10 heteroatoms. The number of imidazole rings is 1. The van der Waals surface area contributed by atoms with Gasteiger partial charge in [-0.15, -0.1) is 0 Å². The first-order valence-electron chi connectivity index (χ1n) is 4.32. The lowest BCUT2D eigenvalue weighted by Gasteiger charge is -1.94. The van der Waals surface area contributed by atoms with Crippen molar-refractivity contribution in [3.05, 3.63) is 32.4 Å². The van der Waals surface area contributed by atoms with E-state index in [4.69, 9.17) is 5.84 Å². The number of benzene rings is 1. The van der Waals surface area contributed by atoms with Gasteiger partial charge < -0.3 is 4.98 Å². The molecule has 0 unspecified atom stereocenters. The smallest absolute Gasteiger partial charge is 0.323 e. The van der Waals surface area contributed by atoms with Gasteiger partial charge in [0.15, 0.2) is 0 Å². The molecule has 4 N–H and O–H groups in total. The van der Waals surface area contributed by atoms with E-state index in [2.05, 4.69) is 15.4 Å². The predicted molar refractivity (Wildman–Crippen MR) is 57.2 cm³/mol. The van der Waals surface area contributed by atoms with Gasteiger partial charge in [0.05, 0.1) is 26.9 Å². The van der Waals surface area contributed by atoms with E-state index in [1.807, 2.05) is 0 Å². The van der Waals surface area contributed by atoms with E-state index >= 15 is 0 Å². The Morgan fingerprint density at radius 2 is 1.82 bits per heavy atom. The van der Waals surface area contributed by atoms with Crippen molar-refractivity contribution < 1.29 is 9.85 Å². The topological polar surface area (TPSA) is 153 Å². The fraction of sp³-hybridized carbons (Fsp3) is 0. The zero-order chi connectivity index (χ0) is 12.6. The van der Waals surface area contributed by atoms with Crippen LogP contribution in [0, 0.1) is 20.2 Å². The number of H-pyrrole nitrogens is 1. The molecule has 0 bridgehead atoms. The van der Waals surface area contributed by atoms with Gasteiger partial charge in [0.1, 0.15) is 0 Å². The van der Waals surface area contributed by atoms with Crippen LogP contribution in [0.2, 0.25) is 0 Å². The molecule has 88 valence electrons. The van der Waals surface area contributed by atoms with Crippen molar-refractivity contribution in [1.82, 2.24) is 9.97 Å². The van der Waals surface area contributed by atoms with Crippen LogP contribution in [0.3, 0.4) is 0 Å². The van der Waals surface area contributed by atoms with E-state index in [9.17, 15) is 20.2 Å². The first-order chi connectivity index (χ1) is 8.02. The minimum Gasteiger partial charge on any atom is -0.323 e. The van der Waals surface area contributed by atoms with Crippen LogP contribution in [0.5, 0.6) is 0 Å². The maximum absolute atomic E-state index is 10.7. The molecule has 0 saturated carbocycles. The molecular weight excluding hydrogens is 232 g/mol. The highest BCUT2D eigenvalue weighted by Gasteiger charge is 2.25. The lowest BCUT2D eigenvalue weighted by molar-refractivity contribution is -0.422. The Morgan fingerprint density at radius 3 is 2.35 bits per heavy atom. The number of hydrazine groups is 1. The van der Waals surface area contributed by atoms with Crippen LogP contribution in [-0.2, 0) is 0 Å². The van der Waals surface area contributed by atoms with Crippen LogP contribution in [0.15, 0.2) is 12.1 Å². The summed E-state index contributed by atoms with van der Waals surface area (Å²) in [6.45, 7) is 0. The van der Waals surface area contributed by atoms with Crippen LogP contribution in [0.25, 0.3) is 11.0 Å². The molecule has 2 aromatic rings. The fourth-order valence-electron chi connectivity index (χ4n) is 1.40. The number of nitro benzene ring substituents is 2. The highest BCUT2D eigenvalue weighted by atomic mass is 16.6. The van der Waals surface area contributed by atoms with E-state index in [1.54, 1.807) is 0 Å². The van der Waals surface area contributed by atoms with E-state index in [-0.39, 0.29) is 17.0 Å². The monoisotopic (exact) mass is 238 g/mol. The Bertz CT molecular complexity index is 569. The summed E-state index contributed by atoms with van der Waals surface area (Å²) in [5.41, 5.74) is 1.50. The Balaban J connectivity index is 2.74. The third-order valence-corrected chi connectivity index (χ3v) is 2.11. The maximum Gasteiger partial charge on any atom is 0.348 e. The van der Waals surface area contributed by atoms with Gasteiger partial charge in [-0.1, -0.05) is 0 Å². The maximum atomic E-state index is 10.7. The first kappa shape index (κ1) is 10.8. The van der Waals surface area contributed by atoms with Gasteiger partial charge in [-0.25, -0.2) is 10.8 Å². The van der Waals surface area contributed by atoms with Gasteiger partial charge in [0.2, 0.25) is 5.95 Å². The zero-order valence-corrected chi connectivity index (χ0v) is 8.21. The average molecular weight is 238 g/mol. The molecule has 17 heavy (non-hydrogen) atoms. The molecule has 0 aliphatic heterocycles. The second-order valence-corrected chi connectivity index (χ2v) is 3.10. The molecule has 1 aromatic heterocycles. The third-order valence-electron chi connectivity index (χ3n) is 2.11. The number of nitrogen functional groups attached to an aromatic ring is 1. The van der Waals surface area contributed by atoms with Crippen molar-refractivity contribution in [2.45, 2.75) is 0 Å². The van der Waals surface area contributed by atoms with Gasteiger partial charge in [0.25, 0.3) is 0 Å². The summed E-state index contributed by atoms with van der Waals surface area (Å²) >= 11 is 0. The molecule has 1 heterocycles. The summed E-state index contributed by atoms with van der Waals surface area (Å²) in [7, 11) is 0. The zero-order valence-electron chi connectivity index (χ0n) is 8.21. The van der Waals surface area contributed by atoms with E-state index < -0.39 is 21.2 Å². The number of nitro groups is 2. The van der Waals surface area contributed by atoms with E-state index in [0.717, 1.165) is 12.1 Å². The SMILES string of the molecule is NNc1nc2cc([N+](=O)[O-])c([N+](=O)[O-])cc2[nH]1. The molecule has 0 aliphatic rings. The van der Waals surface area contributed by atoms with E-state index in [1.165, 1.54) is 0 Å². The molecule has 0 aliphatic carbocycles. The molecule has 0 atom stereocenters. The number of fused-ring (bicyclic) bond motifs is 1. The van der Waals surface area contributed by atoms with Crippen molar-refractivity contribution in [1.29, 1.82) is 0 Å². The lowest BCUT2D eigenvalue weighted by Crippen LogP contribution is -2.07. The highest BCUT2D eigenvalue weighted by Crippen LogP contribution is 2.31. The number of anilines is 1. The quantitative estimate of drug-likeness (QED) is 0.403. The Hall–Kier alpha value is -2.75. The second-order valence-electron chi connectivity index (χ2n) is 3.10. The number of nitrogens with one attached hydrogen (secondary N) is 2. The van der Waals surface area contributed by atoms with Crippen molar-refractivity contribution >= 4 is 28.4 Å². The van der Waals surface area contributed by atoms with Gasteiger partial charge in [0, 0.05) is 6.07 Å². The summed E-state index contributed by atoms with van der Waals surface area (Å²) in [5.74, 6) is 5.26. The number of hydrogen-bond donors (Lipinski definition) is 3. The number of nitrogens with two attached hydrogens (primary N) is 1. The standard InChI is InChI=1S/C7H6N6O4/c8-11-7-9-3-1-5(12(14)15)6(13(16)17)2-4(3)10-7/h1-2H,8H2,(H2,9,10,11). The van der Waals surface area contributed by atoms with Crippen molar-refractivity contribution in [2.24, 2.45) is 5.84 Å². The van der Waals surface area contributed by atoms with Gasteiger partial charge in [-0.3, -0.25) is 25.7 Å².